The Morgan fingerprint density at radius 1 is 1.12 bits per heavy atom. The summed E-state index contributed by atoms with van der Waals surface area (Å²) < 4.78 is 15.6. The maximum Gasteiger partial charge on any atom is 0.267 e. The normalized spacial score (nSPS) is 11.0. The van der Waals surface area contributed by atoms with E-state index in [-0.39, 0.29) is 11.5 Å². The number of hydrogen-bond acceptors (Lipinski definition) is 3. The predicted molar refractivity (Wildman–Crippen MR) is 97.1 cm³/mol. The summed E-state index contributed by atoms with van der Waals surface area (Å²) in [6.45, 7) is 1.91. The predicted octanol–water partition coefficient (Wildman–Crippen LogP) is 3.61. The number of benzene rings is 1. The molecule has 4 rings (SSSR count). The lowest BCUT2D eigenvalue weighted by molar-refractivity contribution is 0.0995. The SMILES string of the molecule is Cc1cccc(-c2ccc(F)cc2-c2ccc3ncc(C(N)=O)n3c2)n1. The Bertz CT molecular complexity index is 1150. The van der Waals surface area contributed by atoms with Gasteiger partial charge < -0.3 is 5.73 Å². The number of aromatic nitrogens is 3. The molecular formula is C20H15FN4O. The van der Waals surface area contributed by atoms with Gasteiger partial charge in [-0.1, -0.05) is 6.07 Å². The number of primary amides is 1. The Morgan fingerprint density at radius 2 is 1.96 bits per heavy atom. The van der Waals surface area contributed by atoms with Crippen molar-refractivity contribution < 1.29 is 9.18 Å². The van der Waals surface area contributed by atoms with E-state index in [0.717, 1.165) is 22.5 Å². The number of nitrogens with zero attached hydrogens (tertiary/aromatic N) is 3. The zero-order valence-electron chi connectivity index (χ0n) is 14.0. The molecule has 0 spiro atoms. The lowest BCUT2D eigenvalue weighted by Gasteiger charge is -2.11. The van der Waals surface area contributed by atoms with Gasteiger partial charge in [-0.25, -0.2) is 9.37 Å². The summed E-state index contributed by atoms with van der Waals surface area (Å²) in [6, 6.07) is 13.9. The summed E-state index contributed by atoms with van der Waals surface area (Å²) in [5.74, 6) is -0.924. The second kappa shape index (κ2) is 6.07. The first kappa shape index (κ1) is 16.0. The molecule has 1 aromatic carbocycles. The van der Waals surface area contributed by atoms with Crippen molar-refractivity contribution in [3.63, 3.8) is 0 Å². The molecule has 3 heterocycles. The number of nitrogens with two attached hydrogens (primary N) is 1. The minimum atomic E-state index is -0.575. The molecule has 0 saturated carbocycles. The van der Waals surface area contributed by atoms with Gasteiger partial charge in [0, 0.05) is 17.5 Å². The van der Waals surface area contributed by atoms with E-state index in [0.29, 0.717) is 11.2 Å². The summed E-state index contributed by atoms with van der Waals surface area (Å²) in [5, 5.41) is 0. The average molecular weight is 346 g/mol. The van der Waals surface area contributed by atoms with Crippen LogP contribution in [0.15, 0.2) is 60.9 Å². The molecule has 0 bridgehead atoms. The van der Waals surface area contributed by atoms with Crippen molar-refractivity contribution in [1.29, 1.82) is 0 Å². The Morgan fingerprint density at radius 3 is 2.73 bits per heavy atom. The van der Waals surface area contributed by atoms with Crippen LogP contribution in [0, 0.1) is 12.7 Å². The number of halogens is 1. The number of carbonyl (C=O) groups excluding carboxylic acids is 1. The molecule has 3 aromatic heterocycles. The number of rotatable bonds is 3. The summed E-state index contributed by atoms with van der Waals surface area (Å²) in [5.41, 5.74) is 10.1. The van der Waals surface area contributed by atoms with Crippen LogP contribution in [0.1, 0.15) is 16.2 Å². The molecule has 0 radical (unpaired) electrons. The quantitative estimate of drug-likeness (QED) is 0.616. The van der Waals surface area contributed by atoms with Crippen molar-refractivity contribution in [1.82, 2.24) is 14.4 Å². The van der Waals surface area contributed by atoms with Crippen LogP contribution in [-0.2, 0) is 0 Å². The largest absolute Gasteiger partial charge is 0.364 e. The zero-order chi connectivity index (χ0) is 18.3. The summed E-state index contributed by atoms with van der Waals surface area (Å²) in [6.07, 6.45) is 3.16. The average Bonchev–Trinajstić information content (AvgIpc) is 3.05. The zero-order valence-corrected chi connectivity index (χ0v) is 14.0. The molecule has 2 N–H and O–H groups in total. The van der Waals surface area contributed by atoms with E-state index in [9.17, 15) is 9.18 Å². The number of fused-ring (bicyclic) bond motifs is 1. The molecule has 0 aliphatic carbocycles. The number of amides is 1. The fourth-order valence-electron chi connectivity index (χ4n) is 2.99. The first-order valence-corrected chi connectivity index (χ1v) is 8.04. The van der Waals surface area contributed by atoms with E-state index in [1.807, 2.05) is 31.2 Å². The van der Waals surface area contributed by atoms with Gasteiger partial charge in [0.15, 0.2) is 0 Å². The van der Waals surface area contributed by atoms with Crippen LogP contribution < -0.4 is 5.73 Å². The van der Waals surface area contributed by atoms with Gasteiger partial charge in [-0.15, -0.1) is 0 Å². The molecule has 26 heavy (non-hydrogen) atoms. The highest BCUT2D eigenvalue weighted by atomic mass is 19.1. The smallest absolute Gasteiger partial charge is 0.267 e. The van der Waals surface area contributed by atoms with Crippen molar-refractivity contribution in [3.8, 4) is 22.4 Å². The Balaban J connectivity index is 1.95. The van der Waals surface area contributed by atoms with Crippen molar-refractivity contribution in [2.24, 2.45) is 5.73 Å². The topological polar surface area (TPSA) is 73.3 Å². The standard InChI is InChI=1S/C20H15FN4O/c1-12-3-2-4-17(24-12)15-7-6-14(21)9-16(15)13-5-8-19-23-10-18(20(22)26)25(19)11-13/h2-11H,1H3,(H2,22,26). The molecule has 5 nitrogen and oxygen atoms in total. The molecule has 4 aromatic rings. The Hall–Kier alpha value is -3.54. The lowest BCUT2D eigenvalue weighted by atomic mass is 9.98. The number of imidazole rings is 1. The molecular weight excluding hydrogens is 331 g/mol. The van der Waals surface area contributed by atoms with Crippen LogP contribution in [0.2, 0.25) is 0 Å². The van der Waals surface area contributed by atoms with E-state index >= 15 is 0 Å². The second-order valence-electron chi connectivity index (χ2n) is 6.01. The molecule has 6 heteroatoms. The van der Waals surface area contributed by atoms with Gasteiger partial charge in [0.1, 0.15) is 17.2 Å². The third-order valence-corrected chi connectivity index (χ3v) is 4.21. The van der Waals surface area contributed by atoms with Crippen LogP contribution >= 0.6 is 0 Å². The van der Waals surface area contributed by atoms with Gasteiger partial charge in [0.2, 0.25) is 0 Å². The van der Waals surface area contributed by atoms with E-state index in [1.54, 1.807) is 22.7 Å². The number of carbonyl (C=O) groups is 1. The Labute approximate surface area is 148 Å². The maximum atomic E-state index is 14.0. The van der Waals surface area contributed by atoms with Gasteiger partial charge in [-0.3, -0.25) is 14.2 Å². The highest BCUT2D eigenvalue weighted by Crippen LogP contribution is 2.32. The van der Waals surface area contributed by atoms with E-state index in [1.165, 1.54) is 18.3 Å². The lowest BCUT2D eigenvalue weighted by Crippen LogP contribution is -2.13. The van der Waals surface area contributed by atoms with Gasteiger partial charge in [0.05, 0.1) is 11.9 Å². The molecule has 0 atom stereocenters. The maximum absolute atomic E-state index is 14.0. The fourth-order valence-corrected chi connectivity index (χ4v) is 2.99. The van der Waals surface area contributed by atoms with Crippen molar-refractivity contribution in [2.75, 3.05) is 0 Å². The molecule has 0 fully saturated rings. The third kappa shape index (κ3) is 2.71. The highest BCUT2D eigenvalue weighted by molar-refractivity contribution is 5.92. The first-order chi connectivity index (χ1) is 12.5. The monoisotopic (exact) mass is 346 g/mol. The van der Waals surface area contributed by atoms with Crippen LogP contribution in [-0.4, -0.2) is 20.3 Å². The summed E-state index contributed by atoms with van der Waals surface area (Å²) >= 11 is 0. The first-order valence-electron chi connectivity index (χ1n) is 8.04. The van der Waals surface area contributed by atoms with E-state index < -0.39 is 5.91 Å². The Kier molecular flexibility index (Phi) is 3.73. The summed E-state index contributed by atoms with van der Waals surface area (Å²) in [7, 11) is 0. The number of pyridine rings is 2. The fraction of sp³-hybridized carbons (Fsp3) is 0.0500. The van der Waals surface area contributed by atoms with Crippen LogP contribution in [0.3, 0.4) is 0 Å². The molecule has 0 aliphatic heterocycles. The van der Waals surface area contributed by atoms with Crippen LogP contribution in [0.25, 0.3) is 28.0 Å². The molecule has 1 amide bonds. The van der Waals surface area contributed by atoms with Crippen LogP contribution in [0.4, 0.5) is 4.39 Å². The van der Waals surface area contributed by atoms with Crippen molar-refractivity contribution >= 4 is 11.6 Å². The van der Waals surface area contributed by atoms with Gasteiger partial charge in [-0.2, -0.15) is 0 Å². The number of aryl methyl sites for hydroxylation is 1. The second-order valence-corrected chi connectivity index (χ2v) is 6.01. The molecule has 0 saturated heterocycles. The molecule has 0 aliphatic rings. The number of hydrogen-bond donors (Lipinski definition) is 1. The van der Waals surface area contributed by atoms with Crippen LogP contribution in [0.5, 0.6) is 0 Å². The van der Waals surface area contributed by atoms with Crippen molar-refractivity contribution in [2.45, 2.75) is 6.92 Å². The molecule has 128 valence electrons. The third-order valence-electron chi connectivity index (χ3n) is 4.21. The van der Waals surface area contributed by atoms with Gasteiger partial charge >= 0.3 is 0 Å². The van der Waals surface area contributed by atoms with Gasteiger partial charge in [-0.05, 0) is 60.5 Å². The minimum absolute atomic E-state index is 0.272. The van der Waals surface area contributed by atoms with E-state index in [4.69, 9.17) is 5.73 Å². The highest BCUT2D eigenvalue weighted by Gasteiger charge is 2.13. The van der Waals surface area contributed by atoms with E-state index in [2.05, 4.69) is 9.97 Å². The minimum Gasteiger partial charge on any atom is -0.364 e. The summed E-state index contributed by atoms with van der Waals surface area (Å²) in [4.78, 5) is 20.3. The molecule has 0 unspecified atom stereocenters. The van der Waals surface area contributed by atoms with Crippen molar-refractivity contribution in [3.05, 3.63) is 78.1 Å². The van der Waals surface area contributed by atoms with Gasteiger partial charge in [0.25, 0.3) is 5.91 Å².